The molecule has 2 N–H and O–H groups in total. The lowest BCUT2D eigenvalue weighted by Gasteiger charge is -2.52. The van der Waals surface area contributed by atoms with E-state index in [1.54, 1.807) is 0 Å². The van der Waals surface area contributed by atoms with Crippen LogP contribution in [0.2, 0.25) is 0 Å². The van der Waals surface area contributed by atoms with Crippen molar-refractivity contribution in [3.8, 4) is 11.5 Å². The normalized spacial score (nSPS) is 21.4. The Balaban J connectivity index is 2.19. The molecule has 140 valence electrons. The summed E-state index contributed by atoms with van der Waals surface area (Å²) < 4.78 is 0. The average molecular weight is 353 g/mol. The maximum Gasteiger partial charge on any atom is 0.115 e. The molecule has 1 aliphatic carbocycles. The molecule has 26 heavy (non-hydrogen) atoms. The Bertz CT molecular complexity index is 665. The molecule has 3 rings (SSSR count). The number of aromatic hydroxyl groups is 2. The van der Waals surface area contributed by atoms with Gasteiger partial charge in [0.15, 0.2) is 0 Å². The summed E-state index contributed by atoms with van der Waals surface area (Å²) in [7, 11) is 0. The van der Waals surface area contributed by atoms with Gasteiger partial charge in [0.1, 0.15) is 11.5 Å². The van der Waals surface area contributed by atoms with Gasteiger partial charge in [-0.15, -0.1) is 0 Å². The summed E-state index contributed by atoms with van der Waals surface area (Å²) in [5, 5.41) is 19.6. The fourth-order valence-electron chi connectivity index (χ4n) is 5.21. The van der Waals surface area contributed by atoms with Gasteiger partial charge >= 0.3 is 0 Å². The van der Waals surface area contributed by atoms with Crippen LogP contribution in [-0.4, -0.2) is 10.2 Å². The zero-order valence-electron chi connectivity index (χ0n) is 16.3. The minimum absolute atomic E-state index is 0.0631. The molecule has 1 atom stereocenters. The van der Waals surface area contributed by atoms with Crippen molar-refractivity contribution < 1.29 is 10.2 Å². The Hall–Kier alpha value is -1.96. The molecule has 1 unspecified atom stereocenters. The van der Waals surface area contributed by atoms with Crippen LogP contribution in [0, 0.1) is 11.3 Å². The van der Waals surface area contributed by atoms with Crippen molar-refractivity contribution in [3.63, 3.8) is 0 Å². The van der Waals surface area contributed by atoms with E-state index in [0.29, 0.717) is 22.8 Å². The van der Waals surface area contributed by atoms with E-state index in [2.05, 4.69) is 45.0 Å². The third kappa shape index (κ3) is 3.34. The van der Waals surface area contributed by atoms with Crippen molar-refractivity contribution >= 4 is 0 Å². The number of benzene rings is 2. The van der Waals surface area contributed by atoms with Crippen molar-refractivity contribution in [2.45, 2.75) is 64.7 Å². The van der Waals surface area contributed by atoms with Crippen LogP contribution in [0.25, 0.3) is 0 Å². The molecule has 0 aromatic heterocycles. The molecule has 0 saturated heterocycles. The SMILES string of the molecule is CCC1CC(CC)(CC)CC(c2ccc(O)cc2)(c2ccc(O)cc2)C1. The largest absolute Gasteiger partial charge is 0.508 e. The number of phenols is 2. The Morgan fingerprint density at radius 3 is 1.62 bits per heavy atom. The van der Waals surface area contributed by atoms with Crippen molar-refractivity contribution in [1.29, 1.82) is 0 Å². The Labute approximate surface area is 157 Å². The topological polar surface area (TPSA) is 40.5 Å². The van der Waals surface area contributed by atoms with E-state index in [4.69, 9.17) is 0 Å². The zero-order valence-corrected chi connectivity index (χ0v) is 16.3. The van der Waals surface area contributed by atoms with Gasteiger partial charge in [0.2, 0.25) is 0 Å². The van der Waals surface area contributed by atoms with Crippen LogP contribution in [-0.2, 0) is 5.41 Å². The first-order chi connectivity index (χ1) is 12.5. The van der Waals surface area contributed by atoms with Gasteiger partial charge in [0.05, 0.1) is 0 Å². The van der Waals surface area contributed by atoms with Crippen molar-refractivity contribution in [3.05, 3.63) is 59.7 Å². The predicted octanol–water partition coefficient (Wildman–Crippen LogP) is 6.40. The van der Waals surface area contributed by atoms with Gasteiger partial charge in [0, 0.05) is 5.41 Å². The number of phenolic OH excluding ortho intramolecular Hbond substituents is 2. The molecule has 0 radical (unpaired) electrons. The molecule has 1 saturated carbocycles. The molecular weight excluding hydrogens is 320 g/mol. The highest BCUT2D eigenvalue weighted by atomic mass is 16.3. The third-order valence-corrected chi connectivity index (χ3v) is 6.95. The summed E-state index contributed by atoms with van der Waals surface area (Å²) in [5.74, 6) is 1.32. The molecule has 1 aliphatic rings. The van der Waals surface area contributed by atoms with Gasteiger partial charge < -0.3 is 10.2 Å². The summed E-state index contributed by atoms with van der Waals surface area (Å²) >= 11 is 0. The van der Waals surface area contributed by atoms with Gasteiger partial charge in [-0.2, -0.15) is 0 Å². The Morgan fingerprint density at radius 1 is 0.769 bits per heavy atom. The maximum absolute atomic E-state index is 9.81. The predicted molar refractivity (Wildman–Crippen MR) is 108 cm³/mol. The standard InChI is InChI=1S/C24H32O2/c1-4-18-15-23(5-2,6-3)17-24(16-18,19-7-11-21(25)12-8-19)20-9-13-22(26)14-10-20/h7-14,18,25-26H,4-6,15-17H2,1-3H3. The van der Waals surface area contributed by atoms with Crippen molar-refractivity contribution in [1.82, 2.24) is 0 Å². The molecule has 0 aliphatic heterocycles. The van der Waals surface area contributed by atoms with Crippen molar-refractivity contribution in [2.24, 2.45) is 11.3 Å². The Morgan fingerprint density at radius 2 is 1.23 bits per heavy atom. The van der Waals surface area contributed by atoms with Gasteiger partial charge in [-0.3, -0.25) is 0 Å². The van der Waals surface area contributed by atoms with E-state index in [0.717, 1.165) is 12.8 Å². The molecule has 2 heteroatoms. The van der Waals surface area contributed by atoms with E-state index in [1.165, 1.54) is 36.8 Å². The highest BCUT2D eigenvalue weighted by Gasteiger charge is 2.48. The van der Waals surface area contributed by atoms with Crippen molar-refractivity contribution in [2.75, 3.05) is 0 Å². The average Bonchev–Trinajstić information content (AvgIpc) is 2.68. The first-order valence-electron chi connectivity index (χ1n) is 10.1. The number of rotatable bonds is 5. The summed E-state index contributed by atoms with van der Waals surface area (Å²) in [6, 6.07) is 15.6. The molecule has 0 amide bonds. The monoisotopic (exact) mass is 352 g/mol. The van der Waals surface area contributed by atoms with Crippen LogP contribution in [0.1, 0.15) is 70.4 Å². The number of hydrogen-bond acceptors (Lipinski definition) is 2. The fraction of sp³-hybridized carbons (Fsp3) is 0.500. The minimum Gasteiger partial charge on any atom is -0.508 e. The van der Waals surface area contributed by atoms with Gasteiger partial charge in [-0.25, -0.2) is 0 Å². The lowest BCUT2D eigenvalue weighted by molar-refractivity contribution is 0.0735. The van der Waals surface area contributed by atoms with E-state index in [1.807, 2.05) is 24.3 Å². The molecule has 2 nitrogen and oxygen atoms in total. The number of hydrogen-bond donors (Lipinski definition) is 2. The lowest BCUT2D eigenvalue weighted by atomic mass is 9.52. The second kappa shape index (κ2) is 7.34. The van der Waals surface area contributed by atoms with Crippen LogP contribution in [0.15, 0.2) is 48.5 Å². The second-order valence-corrected chi connectivity index (χ2v) is 8.24. The van der Waals surface area contributed by atoms with E-state index >= 15 is 0 Å². The highest BCUT2D eigenvalue weighted by molar-refractivity contribution is 5.44. The molecule has 2 aromatic rings. The molecule has 0 heterocycles. The van der Waals surface area contributed by atoms with E-state index in [9.17, 15) is 10.2 Å². The second-order valence-electron chi connectivity index (χ2n) is 8.24. The fourth-order valence-corrected chi connectivity index (χ4v) is 5.21. The Kier molecular flexibility index (Phi) is 5.32. The quantitative estimate of drug-likeness (QED) is 0.653. The summed E-state index contributed by atoms with van der Waals surface area (Å²) in [4.78, 5) is 0. The first-order valence-corrected chi connectivity index (χ1v) is 10.1. The third-order valence-electron chi connectivity index (χ3n) is 6.95. The lowest BCUT2D eigenvalue weighted by Crippen LogP contribution is -2.43. The first kappa shape index (κ1) is 18.8. The van der Waals surface area contributed by atoms with Gasteiger partial charge in [-0.1, -0.05) is 64.3 Å². The highest BCUT2D eigenvalue weighted by Crippen LogP contribution is 2.57. The maximum atomic E-state index is 9.81. The summed E-state index contributed by atoms with van der Waals surface area (Å²) in [5.41, 5.74) is 2.84. The molecule has 0 bridgehead atoms. The van der Waals surface area contributed by atoms with Crippen LogP contribution >= 0.6 is 0 Å². The van der Waals surface area contributed by atoms with Crippen LogP contribution in [0.4, 0.5) is 0 Å². The smallest absolute Gasteiger partial charge is 0.115 e. The molecular formula is C24H32O2. The van der Waals surface area contributed by atoms with Crippen LogP contribution in [0.3, 0.4) is 0 Å². The summed E-state index contributed by atoms with van der Waals surface area (Å²) in [6.45, 7) is 6.98. The molecule has 0 spiro atoms. The van der Waals surface area contributed by atoms with Gasteiger partial charge in [-0.05, 0) is 66.0 Å². The summed E-state index contributed by atoms with van der Waals surface area (Å²) in [6.07, 6.45) is 7.13. The van der Waals surface area contributed by atoms with E-state index in [-0.39, 0.29) is 5.41 Å². The van der Waals surface area contributed by atoms with Crippen LogP contribution in [0.5, 0.6) is 11.5 Å². The minimum atomic E-state index is -0.0631. The molecule has 2 aromatic carbocycles. The molecule has 1 fully saturated rings. The zero-order chi connectivity index (χ0) is 18.8. The van der Waals surface area contributed by atoms with Crippen LogP contribution < -0.4 is 0 Å². The van der Waals surface area contributed by atoms with Gasteiger partial charge in [0.25, 0.3) is 0 Å². The van der Waals surface area contributed by atoms with E-state index < -0.39 is 0 Å².